The van der Waals surface area contributed by atoms with Gasteiger partial charge in [0.1, 0.15) is 5.75 Å². The molecule has 0 saturated heterocycles. The van der Waals surface area contributed by atoms with E-state index in [1.165, 1.54) is 12.1 Å². The van der Waals surface area contributed by atoms with Crippen molar-refractivity contribution in [3.05, 3.63) is 52.5 Å². The van der Waals surface area contributed by atoms with Gasteiger partial charge in [-0.05, 0) is 48.9 Å². The van der Waals surface area contributed by atoms with E-state index < -0.39 is 0 Å². The number of hydrogen-bond donors (Lipinski definition) is 3. The molecule has 2 aromatic carbocycles. The minimum absolute atomic E-state index is 0.184. The van der Waals surface area contributed by atoms with Crippen molar-refractivity contribution in [2.75, 3.05) is 11.1 Å². The van der Waals surface area contributed by atoms with Crippen LogP contribution in [0.3, 0.4) is 0 Å². The number of carbonyl (C=O) groups excluding carboxylic acids is 1. The van der Waals surface area contributed by atoms with Gasteiger partial charge in [0.25, 0.3) is 5.91 Å². The van der Waals surface area contributed by atoms with E-state index in [4.69, 9.17) is 17.3 Å². The van der Waals surface area contributed by atoms with Gasteiger partial charge >= 0.3 is 0 Å². The van der Waals surface area contributed by atoms with Crippen molar-refractivity contribution in [3.8, 4) is 5.75 Å². The number of nitrogens with one attached hydrogen (secondary N) is 1. The third kappa shape index (κ3) is 2.98. The average molecular weight is 277 g/mol. The number of halogens is 1. The standard InChI is InChI=1S/C14H13ClN2O2/c1-8-6-10(3-5-13(8)18)17-14(19)11-4-2-9(15)7-12(11)16/h2-7,18H,16H2,1H3,(H,17,19). The molecule has 0 heterocycles. The molecule has 4 nitrogen and oxygen atoms in total. The van der Waals surface area contributed by atoms with Gasteiger partial charge in [-0.25, -0.2) is 0 Å². The summed E-state index contributed by atoms with van der Waals surface area (Å²) in [7, 11) is 0. The van der Waals surface area contributed by atoms with Crippen LogP contribution in [0.15, 0.2) is 36.4 Å². The molecule has 0 fully saturated rings. The summed E-state index contributed by atoms with van der Waals surface area (Å²) in [4.78, 5) is 12.0. The lowest BCUT2D eigenvalue weighted by molar-refractivity contribution is 0.102. The highest BCUT2D eigenvalue weighted by Gasteiger charge is 2.10. The van der Waals surface area contributed by atoms with Crippen LogP contribution in [0.5, 0.6) is 5.75 Å². The zero-order valence-electron chi connectivity index (χ0n) is 10.3. The van der Waals surface area contributed by atoms with Crippen LogP contribution in [0.4, 0.5) is 11.4 Å². The van der Waals surface area contributed by atoms with Crippen LogP contribution >= 0.6 is 11.6 Å². The number of amides is 1. The Balaban J connectivity index is 2.23. The van der Waals surface area contributed by atoms with Gasteiger partial charge in [-0.3, -0.25) is 4.79 Å². The lowest BCUT2D eigenvalue weighted by Gasteiger charge is -2.09. The maximum atomic E-state index is 12.0. The quantitative estimate of drug-likeness (QED) is 0.582. The first-order valence-electron chi connectivity index (χ1n) is 5.63. The molecule has 1 amide bonds. The maximum Gasteiger partial charge on any atom is 0.257 e. The molecule has 0 aliphatic heterocycles. The van der Waals surface area contributed by atoms with Crippen molar-refractivity contribution >= 4 is 28.9 Å². The van der Waals surface area contributed by atoms with Crippen molar-refractivity contribution < 1.29 is 9.90 Å². The summed E-state index contributed by atoms with van der Waals surface area (Å²) >= 11 is 5.78. The lowest BCUT2D eigenvalue weighted by atomic mass is 10.1. The second-order valence-electron chi connectivity index (χ2n) is 4.19. The lowest BCUT2D eigenvalue weighted by Crippen LogP contribution is -2.14. The molecule has 0 saturated carbocycles. The van der Waals surface area contributed by atoms with Gasteiger partial charge in [-0.15, -0.1) is 0 Å². The number of aromatic hydroxyl groups is 1. The first-order valence-corrected chi connectivity index (χ1v) is 6.01. The second-order valence-corrected chi connectivity index (χ2v) is 4.62. The third-order valence-corrected chi connectivity index (χ3v) is 2.95. The van der Waals surface area contributed by atoms with Crippen molar-refractivity contribution in [3.63, 3.8) is 0 Å². The highest BCUT2D eigenvalue weighted by Crippen LogP contribution is 2.22. The summed E-state index contributed by atoms with van der Waals surface area (Å²) in [6, 6.07) is 9.52. The summed E-state index contributed by atoms with van der Waals surface area (Å²) in [6.07, 6.45) is 0. The van der Waals surface area contributed by atoms with Crippen LogP contribution in [0.25, 0.3) is 0 Å². The molecule has 0 atom stereocenters. The van der Waals surface area contributed by atoms with E-state index in [1.807, 2.05) is 0 Å². The predicted octanol–water partition coefficient (Wildman–Crippen LogP) is 3.19. The molecule has 98 valence electrons. The summed E-state index contributed by atoms with van der Waals surface area (Å²) in [5.74, 6) is -0.136. The molecule has 0 aliphatic carbocycles. The van der Waals surface area contributed by atoms with Crippen molar-refractivity contribution in [2.24, 2.45) is 0 Å². The van der Waals surface area contributed by atoms with Gasteiger partial charge in [-0.1, -0.05) is 11.6 Å². The van der Waals surface area contributed by atoms with Gasteiger partial charge in [-0.2, -0.15) is 0 Å². The van der Waals surface area contributed by atoms with Crippen molar-refractivity contribution in [2.45, 2.75) is 6.92 Å². The van der Waals surface area contributed by atoms with E-state index in [0.717, 1.165) is 0 Å². The Morgan fingerprint density at radius 2 is 2.00 bits per heavy atom. The summed E-state index contributed by atoms with van der Waals surface area (Å²) in [6.45, 7) is 1.75. The van der Waals surface area contributed by atoms with Crippen LogP contribution in [-0.2, 0) is 0 Å². The highest BCUT2D eigenvalue weighted by atomic mass is 35.5. The van der Waals surface area contributed by atoms with E-state index in [9.17, 15) is 9.90 Å². The van der Waals surface area contributed by atoms with Crippen molar-refractivity contribution in [1.82, 2.24) is 0 Å². The number of nitrogens with two attached hydrogens (primary N) is 1. The Kier molecular flexibility index (Phi) is 3.62. The number of phenolic OH excluding ortho intramolecular Hbond substituents is 1. The molecule has 19 heavy (non-hydrogen) atoms. The fourth-order valence-electron chi connectivity index (χ4n) is 1.67. The van der Waals surface area contributed by atoms with Crippen LogP contribution in [0.2, 0.25) is 5.02 Å². The van der Waals surface area contributed by atoms with Crippen LogP contribution in [0, 0.1) is 6.92 Å². The zero-order valence-corrected chi connectivity index (χ0v) is 11.0. The molecule has 0 spiro atoms. The fraction of sp³-hybridized carbons (Fsp3) is 0.0714. The molecule has 4 N–H and O–H groups in total. The minimum Gasteiger partial charge on any atom is -0.508 e. The van der Waals surface area contributed by atoms with E-state index in [-0.39, 0.29) is 11.7 Å². The number of hydrogen-bond acceptors (Lipinski definition) is 3. The van der Waals surface area contributed by atoms with E-state index in [0.29, 0.717) is 27.5 Å². The van der Waals surface area contributed by atoms with Gasteiger partial charge in [0, 0.05) is 16.4 Å². The van der Waals surface area contributed by atoms with Crippen LogP contribution in [-0.4, -0.2) is 11.0 Å². The molecular formula is C14H13ClN2O2. The monoisotopic (exact) mass is 276 g/mol. The fourth-order valence-corrected chi connectivity index (χ4v) is 1.85. The Labute approximate surface area is 115 Å². The molecule has 2 rings (SSSR count). The number of phenols is 1. The maximum absolute atomic E-state index is 12.0. The minimum atomic E-state index is -0.320. The molecule has 0 radical (unpaired) electrons. The first kappa shape index (κ1) is 13.2. The third-order valence-electron chi connectivity index (χ3n) is 2.71. The number of benzene rings is 2. The molecule has 0 bridgehead atoms. The smallest absolute Gasteiger partial charge is 0.257 e. The van der Waals surface area contributed by atoms with Crippen LogP contribution in [0.1, 0.15) is 15.9 Å². The number of anilines is 2. The largest absolute Gasteiger partial charge is 0.508 e. The molecule has 5 heteroatoms. The van der Waals surface area contributed by atoms with Crippen LogP contribution < -0.4 is 11.1 Å². The summed E-state index contributed by atoms with van der Waals surface area (Å²) < 4.78 is 0. The Hall–Kier alpha value is -2.20. The van der Waals surface area contributed by atoms with Crippen molar-refractivity contribution in [1.29, 1.82) is 0 Å². The molecule has 0 aromatic heterocycles. The SMILES string of the molecule is Cc1cc(NC(=O)c2ccc(Cl)cc2N)ccc1O. The number of aryl methyl sites for hydroxylation is 1. The first-order chi connectivity index (χ1) is 8.97. The number of rotatable bonds is 2. The van der Waals surface area contributed by atoms with E-state index >= 15 is 0 Å². The number of carbonyl (C=O) groups is 1. The topological polar surface area (TPSA) is 75.4 Å². The average Bonchev–Trinajstić information content (AvgIpc) is 2.33. The Bertz CT molecular complexity index is 641. The predicted molar refractivity (Wildman–Crippen MR) is 76.7 cm³/mol. The normalized spacial score (nSPS) is 10.2. The van der Waals surface area contributed by atoms with Gasteiger partial charge < -0.3 is 16.2 Å². The molecular weight excluding hydrogens is 264 g/mol. The molecule has 0 unspecified atom stereocenters. The second kappa shape index (κ2) is 5.20. The number of nitrogen functional groups attached to an aromatic ring is 1. The van der Waals surface area contributed by atoms with E-state index in [1.54, 1.807) is 31.2 Å². The van der Waals surface area contributed by atoms with Gasteiger partial charge in [0.2, 0.25) is 0 Å². The summed E-state index contributed by atoms with van der Waals surface area (Å²) in [5, 5.41) is 12.6. The Morgan fingerprint density at radius 1 is 1.26 bits per heavy atom. The molecule has 0 aliphatic rings. The van der Waals surface area contributed by atoms with E-state index in [2.05, 4.69) is 5.32 Å². The highest BCUT2D eigenvalue weighted by molar-refractivity contribution is 6.31. The van der Waals surface area contributed by atoms with Gasteiger partial charge in [0.05, 0.1) is 5.56 Å². The zero-order chi connectivity index (χ0) is 14.0. The summed E-state index contributed by atoms with van der Waals surface area (Å²) in [5.41, 5.74) is 7.70. The molecule has 2 aromatic rings. The van der Waals surface area contributed by atoms with Gasteiger partial charge in [0.15, 0.2) is 0 Å². The Morgan fingerprint density at radius 3 is 2.63 bits per heavy atom.